The van der Waals surface area contributed by atoms with Crippen LogP contribution >= 0.6 is 0 Å². The Kier molecular flexibility index (Phi) is 10.8. The number of aromatic nitrogens is 2. The topological polar surface area (TPSA) is 119 Å². The second-order valence-corrected chi connectivity index (χ2v) is 11.6. The van der Waals surface area contributed by atoms with E-state index in [0.29, 0.717) is 30.9 Å². The van der Waals surface area contributed by atoms with Crippen LogP contribution in [0.4, 0.5) is 22.0 Å². The van der Waals surface area contributed by atoms with Gasteiger partial charge < -0.3 is 19.5 Å². The molecule has 228 valence electrons. The first-order chi connectivity index (χ1) is 19.7. The number of carboxylic acid groups (broad SMARTS) is 1. The van der Waals surface area contributed by atoms with Gasteiger partial charge >= 0.3 is 6.36 Å². The van der Waals surface area contributed by atoms with E-state index >= 15 is 4.39 Å². The predicted molar refractivity (Wildman–Crippen MR) is 140 cm³/mol. The third kappa shape index (κ3) is 8.82. The molecule has 0 bridgehead atoms. The van der Waals surface area contributed by atoms with Gasteiger partial charge in [-0.25, -0.2) is 27.2 Å². The SMILES string of the molecule is CN(C)[C@H]1C[C@@H](c2cccc(OC(F)(F)F)c2)CC[C@@H]1Oc1cc(F)c(S(=O)(=O)Cc2ccncn2)cc1F.O=CO. The van der Waals surface area contributed by atoms with Crippen molar-refractivity contribution in [2.75, 3.05) is 14.1 Å². The minimum atomic E-state index is -4.81. The van der Waals surface area contributed by atoms with E-state index in [9.17, 15) is 26.0 Å². The quantitative estimate of drug-likeness (QED) is 0.276. The Morgan fingerprint density at radius 3 is 2.43 bits per heavy atom. The van der Waals surface area contributed by atoms with Crippen molar-refractivity contribution >= 4 is 16.3 Å². The van der Waals surface area contributed by atoms with Crippen molar-refractivity contribution < 1.29 is 49.7 Å². The molecule has 1 heterocycles. The number of rotatable bonds is 8. The highest BCUT2D eigenvalue weighted by Gasteiger charge is 2.36. The van der Waals surface area contributed by atoms with Crippen LogP contribution in [0.2, 0.25) is 0 Å². The van der Waals surface area contributed by atoms with Gasteiger partial charge in [0.25, 0.3) is 6.47 Å². The van der Waals surface area contributed by atoms with Crippen molar-refractivity contribution in [3.63, 3.8) is 0 Å². The fourth-order valence-corrected chi connectivity index (χ4v) is 6.10. The Labute approximate surface area is 238 Å². The Balaban J connectivity index is 0.00000155. The summed E-state index contributed by atoms with van der Waals surface area (Å²) in [6, 6.07) is 8.17. The zero-order chi connectivity index (χ0) is 31.1. The molecule has 15 heteroatoms. The molecule has 1 aliphatic rings. The number of alkyl halides is 3. The van der Waals surface area contributed by atoms with E-state index < -0.39 is 50.3 Å². The summed E-state index contributed by atoms with van der Waals surface area (Å²) in [5, 5.41) is 6.89. The molecule has 0 saturated heterocycles. The lowest BCUT2D eigenvalue weighted by Crippen LogP contribution is -2.46. The normalized spacial score (nSPS) is 19.0. The van der Waals surface area contributed by atoms with E-state index in [0.717, 1.165) is 12.4 Å². The van der Waals surface area contributed by atoms with Crippen molar-refractivity contribution in [1.82, 2.24) is 14.9 Å². The molecule has 3 atom stereocenters. The monoisotopic (exact) mass is 617 g/mol. The lowest BCUT2D eigenvalue weighted by Gasteiger charge is -2.40. The van der Waals surface area contributed by atoms with Gasteiger partial charge in [-0.05, 0) is 69.1 Å². The van der Waals surface area contributed by atoms with Gasteiger partial charge in [-0.15, -0.1) is 13.2 Å². The third-order valence-corrected chi connectivity index (χ3v) is 8.22. The van der Waals surface area contributed by atoms with Crippen LogP contribution in [0, 0.1) is 11.6 Å². The molecular weight excluding hydrogens is 589 g/mol. The summed E-state index contributed by atoms with van der Waals surface area (Å²) in [6.07, 6.45) is -1.50. The highest BCUT2D eigenvalue weighted by Crippen LogP contribution is 2.39. The van der Waals surface area contributed by atoms with Crippen molar-refractivity contribution in [1.29, 1.82) is 0 Å². The molecule has 0 radical (unpaired) electrons. The van der Waals surface area contributed by atoms with Gasteiger partial charge in [0.2, 0.25) is 0 Å². The van der Waals surface area contributed by atoms with Crippen LogP contribution in [-0.2, 0) is 20.4 Å². The lowest BCUT2D eigenvalue weighted by molar-refractivity contribution is -0.274. The number of hydrogen-bond donors (Lipinski definition) is 1. The highest BCUT2D eigenvalue weighted by atomic mass is 32.2. The molecule has 1 aliphatic carbocycles. The molecular formula is C27H28F5N3O6S. The first-order valence-electron chi connectivity index (χ1n) is 12.5. The van der Waals surface area contributed by atoms with Crippen molar-refractivity contribution in [2.45, 2.75) is 54.3 Å². The average Bonchev–Trinajstić information content (AvgIpc) is 2.90. The van der Waals surface area contributed by atoms with E-state index in [1.165, 1.54) is 30.5 Å². The van der Waals surface area contributed by atoms with Gasteiger partial charge in [0.05, 0.1) is 11.4 Å². The first-order valence-corrected chi connectivity index (χ1v) is 14.1. The molecule has 1 fully saturated rings. The third-order valence-electron chi connectivity index (χ3n) is 6.56. The largest absolute Gasteiger partial charge is 0.573 e. The molecule has 2 aromatic carbocycles. The summed E-state index contributed by atoms with van der Waals surface area (Å²) >= 11 is 0. The Morgan fingerprint density at radius 1 is 1.10 bits per heavy atom. The van der Waals surface area contributed by atoms with Crippen molar-refractivity contribution in [3.05, 3.63) is 77.9 Å². The number of ether oxygens (including phenoxy) is 2. The Morgan fingerprint density at radius 2 is 1.81 bits per heavy atom. The fraction of sp³-hybridized carbons (Fsp3) is 0.370. The number of halogens is 5. The van der Waals surface area contributed by atoms with Crippen LogP contribution in [0.1, 0.15) is 36.4 Å². The number of benzene rings is 2. The zero-order valence-corrected chi connectivity index (χ0v) is 23.3. The summed E-state index contributed by atoms with van der Waals surface area (Å²) in [6.45, 7) is -0.250. The van der Waals surface area contributed by atoms with Crippen LogP contribution in [0.5, 0.6) is 11.5 Å². The maximum atomic E-state index is 15.0. The van der Waals surface area contributed by atoms with Gasteiger partial charge in [-0.3, -0.25) is 4.79 Å². The highest BCUT2D eigenvalue weighted by molar-refractivity contribution is 7.90. The van der Waals surface area contributed by atoms with Crippen LogP contribution in [-0.4, -0.2) is 67.5 Å². The first kappa shape index (κ1) is 32.7. The summed E-state index contributed by atoms with van der Waals surface area (Å²) < 4.78 is 103. The van der Waals surface area contributed by atoms with Gasteiger partial charge in [-0.1, -0.05) is 12.1 Å². The van der Waals surface area contributed by atoms with Crippen molar-refractivity contribution in [2.24, 2.45) is 0 Å². The molecule has 0 aliphatic heterocycles. The van der Waals surface area contributed by atoms with Crippen LogP contribution < -0.4 is 9.47 Å². The van der Waals surface area contributed by atoms with E-state index in [-0.39, 0.29) is 29.9 Å². The minimum Gasteiger partial charge on any atom is -0.486 e. The van der Waals surface area contributed by atoms with Gasteiger partial charge in [-0.2, -0.15) is 0 Å². The standard InChI is InChI=1S/C26H26F5N3O4S.CH2O2/c1-34(2)22-11-17(16-4-3-5-19(10-16)38-26(29,30)31)6-7-23(22)37-24-12-21(28)25(13-20(24)27)39(35,36)14-18-8-9-32-15-33-18;2-1-3/h3-5,8-10,12-13,15,17,22-23H,6-7,11,14H2,1-2H3;1H,(H,2,3)/t17-,22-,23-;/m0./s1. The number of hydrogen-bond acceptors (Lipinski definition) is 8. The number of carbonyl (C=O) groups is 1. The minimum absolute atomic E-state index is 0.120. The molecule has 1 saturated carbocycles. The summed E-state index contributed by atoms with van der Waals surface area (Å²) in [4.78, 5) is 16.9. The molecule has 0 amide bonds. The second kappa shape index (κ2) is 13.9. The van der Waals surface area contributed by atoms with Crippen LogP contribution in [0.15, 0.2) is 59.9 Å². The molecule has 1 N–H and O–H groups in total. The Hall–Kier alpha value is -3.85. The number of sulfone groups is 1. The van der Waals surface area contributed by atoms with E-state index in [1.54, 1.807) is 20.2 Å². The smallest absolute Gasteiger partial charge is 0.486 e. The molecule has 3 aromatic rings. The van der Waals surface area contributed by atoms with Gasteiger partial charge in [0.15, 0.2) is 21.4 Å². The summed E-state index contributed by atoms with van der Waals surface area (Å²) in [5.74, 6) is -3.68. The Bertz CT molecular complexity index is 1460. The maximum Gasteiger partial charge on any atom is 0.573 e. The molecule has 4 rings (SSSR count). The number of nitrogens with zero attached hydrogens (tertiary/aromatic N) is 3. The van der Waals surface area contributed by atoms with Crippen LogP contribution in [0.3, 0.4) is 0 Å². The van der Waals surface area contributed by atoms with E-state index in [4.69, 9.17) is 14.6 Å². The lowest BCUT2D eigenvalue weighted by atomic mass is 9.79. The summed E-state index contributed by atoms with van der Waals surface area (Å²) in [7, 11) is -0.675. The molecule has 0 unspecified atom stereocenters. The van der Waals surface area contributed by atoms with E-state index in [1.807, 2.05) is 4.90 Å². The molecule has 0 spiro atoms. The average molecular weight is 618 g/mol. The predicted octanol–water partition coefficient (Wildman–Crippen LogP) is 4.97. The van der Waals surface area contributed by atoms with Gasteiger partial charge in [0.1, 0.15) is 28.9 Å². The van der Waals surface area contributed by atoms with E-state index in [2.05, 4.69) is 14.7 Å². The fourth-order valence-electron chi connectivity index (χ4n) is 4.75. The number of likely N-dealkylation sites (N-methyl/N-ethyl adjacent to an activating group) is 1. The zero-order valence-electron chi connectivity index (χ0n) is 22.5. The molecule has 1 aromatic heterocycles. The van der Waals surface area contributed by atoms with Crippen molar-refractivity contribution in [3.8, 4) is 11.5 Å². The second-order valence-electron chi connectivity index (χ2n) is 9.60. The maximum absolute atomic E-state index is 15.0. The van der Waals surface area contributed by atoms with Gasteiger partial charge in [0, 0.05) is 18.3 Å². The molecule has 42 heavy (non-hydrogen) atoms. The van der Waals surface area contributed by atoms with Crippen LogP contribution in [0.25, 0.3) is 0 Å². The summed E-state index contributed by atoms with van der Waals surface area (Å²) in [5.41, 5.74) is 0.795. The molecule has 9 nitrogen and oxygen atoms in total.